The number of carboxylic acids is 1. The number of aliphatic carboxylic acids is 1. The van der Waals surface area contributed by atoms with E-state index in [1.165, 1.54) is 4.68 Å². The van der Waals surface area contributed by atoms with Crippen molar-refractivity contribution >= 4 is 16.9 Å². The van der Waals surface area contributed by atoms with Crippen LogP contribution in [0.3, 0.4) is 0 Å². The molecule has 6 nitrogen and oxygen atoms in total. The van der Waals surface area contributed by atoms with Gasteiger partial charge in [0, 0.05) is 11.6 Å². The average Bonchev–Trinajstić information content (AvgIpc) is 3.12. The smallest absolute Gasteiger partial charge is 0.331 e. The molecule has 0 spiro atoms. The van der Waals surface area contributed by atoms with Crippen LogP contribution in [0.1, 0.15) is 13.8 Å². The molecule has 0 aliphatic rings. The molecule has 114 valence electrons. The van der Waals surface area contributed by atoms with E-state index in [0.29, 0.717) is 22.7 Å². The molecule has 6 heteroatoms. The number of carboxylic acid groups (broad SMARTS) is 1. The summed E-state index contributed by atoms with van der Waals surface area (Å²) in [4.78, 5) is 11.3. The zero-order valence-corrected chi connectivity index (χ0v) is 12.5. The van der Waals surface area contributed by atoms with Gasteiger partial charge in [-0.3, -0.25) is 4.68 Å². The zero-order valence-electron chi connectivity index (χ0n) is 12.5. The first kappa shape index (κ1) is 14.2. The third kappa shape index (κ3) is 2.13. The van der Waals surface area contributed by atoms with Gasteiger partial charge in [0.25, 0.3) is 0 Å². The summed E-state index contributed by atoms with van der Waals surface area (Å²) in [5, 5.41) is 14.3. The van der Waals surface area contributed by atoms with Crippen LogP contribution in [0.15, 0.2) is 41.1 Å². The second-order valence-electron chi connectivity index (χ2n) is 5.53. The van der Waals surface area contributed by atoms with Crippen molar-refractivity contribution in [3.05, 3.63) is 36.7 Å². The summed E-state index contributed by atoms with van der Waals surface area (Å²) in [5.41, 5.74) is 0.250. The van der Waals surface area contributed by atoms with Gasteiger partial charge in [0.2, 0.25) is 0 Å². The zero-order chi connectivity index (χ0) is 15.9. The van der Waals surface area contributed by atoms with Gasteiger partial charge in [-0.2, -0.15) is 5.10 Å². The minimum Gasteiger partial charge on any atom is -0.493 e. The van der Waals surface area contributed by atoms with Crippen molar-refractivity contribution in [2.75, 3.05) is 7.11 Å². The van der Waals surface area contributed by atoms with Gasteiger partial charge >= 0.3 is 5.97 Å². The number of furan rings is 1. The number of fused-ring (bicyclic) bond motifs is 1. The van der Waals surface area contributed by atoms with Crippen LogP contribution in [0.4, 0.5) is 0 Å². The normalized spacial score (nSPS) is 11.8. The Labute approximate surface area is 126 Å². The number of methoxy groups -OCH3 is 1. The molecule has 2 aromatic heterocycles. The fourth-order valence-corrected chi connectivity index (χ4v) is 2.19. The Hall–Kier alpha value is -2.76. The van der Waals surface area contributed by atoms with E-state index >= 15 is 0 Å². The summed E-state index contributed by atoms with van der Waals surface area (Å²) >= 11 is 0. The molecule has 3 rings (SSSR count). The lowest BCUT2D eigenvalue weighted by Crippen LogP contribution is -2.35. The maximum Gasteiger partial charge on any atom is 0.331 e. The first-order chi connectivity index (χ1) is 10.4. The van der Waals surface area contributed by atoms with Crippen LogP contribution < -0.4 is 4.74 Å². The molecule has 0 saturated heterocycles. The minimum absolute atomic E-state index is 0.618. The number of benzene rings is 1. The van der Waals surface area contributed by atoms with Crippen molar-refractivity contribution in [3.8, 4) is 17.1 Å². The van der Waals surface area contributed by atoms with Gasteiger partial charge in [0.15, 0.2) is 16.9 Å². The highest BCUT2D eigenvalue weighted by Gasteiger charge is 2.30. The number of aromatic nitrogens is 2. The third-order valence-electron chi connectivity index (χ3n) is 3.69. The SMILES string of the molecule is COc1cccc2cc(-c3cnn(C(C)(C)C(=O)O)c3)oc12. The van der Waals surface area contributed by atoms with E-state index in [4.69, 9.17) is 9.15 Å². The molecule has 0 radical (unpaired) electrons. The Bertz CT molecular complexity index is 845. The lowest BCUT2D eigenvalue weighted by atomic mass is 10.1. The van der Waals surface area contributed by atoms with Crippen LogP contribution in [0.25, 0.3) is 22.3 Å². The van der Waals surface area contributed by atoms with Gasteiger partial charge in [-0.15, -0.1) is 0 Å². The molecule has 0 bridgehead atoms. The largest absolute Gasteiger partial charge is 0.493 e. The molecular formula is C16H16N2O4. The summed E-state index contributed by atoms with van der Waals surface area (Å²) in [6.45, 7) is 3.18. The fourth-order valence-electron chi connectivity index (χ4n) is 2.19. The van der Waals surface area contributed by atoms with Gasteiger partial charge in [0.05, 0.1) is 18.9 Å². The van der Waals surface area contributed by atoms with Gasteiger partial charge in [-0.1, -0.05) is 12.1 Å². The summed E-state index contributed by atoms with van der Waals surface area (Å²) in [6.07, 6.45) is 3.26. The summed E-state index contributed by atoms with van der Waals surface area (Å²) in [5.74, 6) is 0.322. The Morgan fingerprint density at radius 3 is 2.86 bits per heavy atom. The second kappa shape index (κ2) is 4.91. The van der Waals surface area contributed by atoms with Gasteiger partial charge in [-0.25, -0.2) is 4.79 Å². The Balaban J connectivity index is 2.06. The van der Waals surface area contributed by atoms with Crippen molar-refractivity contribution in [2.24, 2.45) is 0 Å². The standard InChI is InChI=1S/C16H16N2O4/c1-16(2,15(19)20)18-9-11(8-17-18)13-7-10-5-4-6-12(21-3)14(10)22-13/h4-9H,1-3H3,(H,19,20). The molecule has 1 N–H and O–H groups in total. The van der Waals surface area contributed by atoms with Crippen molar-refractivity contribution in [3.63, 3.8) is 0 Å². The van der Waals surface area contributed by atoms with E-state index in [9.17, 15) is 9.90 Å². The molecule has 0 atom stereocenters. The number of para-hydroxylation sites is 1. The number of hydrogen-bond donors (Lipinski definition) is 1. The molecule has 1 aromatic carbocycles. The molecule has 0 fully saturated rings. The van der Waals surface area contributed by atoms with Crippen molar-refractivity contribution in [1.82, 2.24) is 9.78 Å². The highest BCUT2D eigenvalue weighted by Crippen LogP contribution is 2.33. The van der Waals surface area contributed by atoms with E-state index in [2.05, 4.69) is 5.10 Å². The van der Waals surface area contributed by atoms with Crippen molar-refractivity contribution in [1.29, 1.82) is 0 Å². The number of rotatable bonds is 4. The maximum atomic E-state index is 11.3. The van der Waals surface area contributed by atoms with Gasteiger partial charge in [-0.05, 0) is 26.0 Å². The third-order valence-corrected chi connectivity index (χ3v) is 3.69. The number of ether oxygens (including phenoxy) is 1. The molecule has 0 aliphatic heterocycles. The van der Waals surface area contributed by atoms with E-state index in [0.717, 1.165) is 5.39 Å². The summed E-state index contributed by atoms with van der Waals surface area (Å²) < 4.78 is 12.5. The first-order valence-electron chi connectivity index (χ1n) is 6.79. The predicted molar refractivity (Wildman–Crippen MR) is 80.9 cm³/mol. The van der Waals surface area contributed by atoms with Crippen LogP contribution in [0, 0.1) is 0 Å². The van der Waals surface area contributed by atoms with E-state index in [-0.39, 0.29) is 0 Å². The average molecular weight is 300 g/mol. The molecule has 0 saturated carbocycles. The lowest BCUT2D eigenvalue weighted by Gasteiger charge is -2.19. The monoisotopic (exact) mass is 300 g/mol. The number of nitrogens with zero attached hydrogens (tertiary/aromatic N) is 2. The molecular weight excluding hydrogens is 284 g/mol. The first-order valence-corrected chi connectivity index (χ1v) is 6.79. The minimum atomic E-state index is -1.12. The maximum absolute atomic E-state index is 11.3. The lowest BCUT2D eigenvalue weighted by molar-refractivity contribution is -0.146. The topological polar surface area (TPSA) is 77.5 Å². The molecule has 3 aromatic rings. The quantitative estimate of drug-likeness (QED) is 0.801. The molecule has 2 heterocycles. The number of hydrogen-bond acceptors (Lipinski definition) is 4. The van der Waals surface area contributed by atoms with Crippen LogP contribution in [-0.2, 0) is 10.3 Å². The van der Waals surface area contributed by atoms with Crippen molar-refractivity contribution < 1.29 is 19.1 Å². The predicted octanol–water partition coefficient (Wildman–Crippen LogP) is 3.12. The van der Waals surface area contributed by atoms with Crippen LogP contribution in [0.2, 0.25) is 0 Å². The summed E-state index contributed by atoms with van der Waals surface area (Å²) in [7, 11) is 1.59. The Morgan fingerprint density at radius 2 is 2.18 bits per heavy atom. The molecule has 22 heavy (non-hydrogen) atoms. The van der Waals surface area contributed by atoms with Crippen LogP contribution in [0.5, 0.6) is 5.75 Å². The Morgan fingerprint density at radius 1 is 1.41 bits per heavy atom. The molecule has 0 unspecified atom stereocenters. The van der Waals surface area contributed by atoms with E-state index < -0.39 is 11.5 Å². The van der Waals surface area contributed by atoms with Gasteiger partial charge in [0.1, 0.15) is 5.76 Å². The van der Waals surface area contributed by atoms with Gasteiger partial charge < -0.3 is 14.3 Å². The van der Waals surface area contributed by atoms with E-state index in [1.807, 2.05) is 24.3 Å². The second-order valence-corrected chi connectivity index (χ2v) is 5.53. The fraction of sp³-hybridized carbons (Fsp3) is 0.250. The van der Waals surface area contributed by atoms with Crippen molar-refractivity contribution in [2.45, 2.75) is 19.4 Å². The number of carbonyl (C=O) groups is 1. The van der Waals surface area contributed by atoms with Crippen LogP contribution in [-0.4, -0.2) is 28.0 Å². The highest BCUT2D eigenvalue weighted by molar-refractivity contribution is 5.87. The Kier molecular flexibility index (Phi) is 3.16. The van der Waals surface area contributed by atoms with Crippen LogP contribution >= 0.6 is 0 Å². The molecule has 0 aliphatic carbocycles. The van der Waals surface area contributed by atoms with E-state index in [1.54, 1.807) is 33.4 Å². The molecule has 0 amide bonds. The summed E-state index contributed by atoms with van der Waals surface area (Å²) in [6, 6.07) is 7.52. The highest BCUT2D eigenvalue weighted by atomic mass is 16.5.